The fraction of sp³-hybridized carbons (Fsp3) is 0.286. The van der Waals surface area contributed by atoms with Gasteiger partial charge in [-0.15, -0.1) is 0 Å². The van der Waals surface area contributed by atoms with Crippen LogP contribution in [0.15, 0.2) is 42.6 Å². The SMILES string of the molecule is COc1cc2[nH]cc(C(=O)N3CCN(c4cccc(Cl)c4)CC3)c2cc1OC. The number of fused-ring (bicyclic) bond motifs is 1. The predicted octanol–water partition coefficient (Wildman–Crippen LogP) is 3.80. The molecule has 1 fully saturated rings. The monoisotopic (exact) mass is 399 g/mol. The van der Waals surface area contributed by atoms with E-state index in [0.717, 1.165) is 34.7 Å². The van der Waals surface area contributed by atoms with Crippen molar-refractivity contribution in [1.82, 2.24) is 9.88 Å². The highest BCUT2D eigenvalue weighted by molar-refractivity contribution is 6.30. The van der Waals surface area contributed by atoms with Crippen LogP contribution in [0, 0.1) is 0 Å². The highest BCUT2D eigenvalue weighted by Crippen LogP contribution is 2.34. The number of ether oxygens (including phenoxy) is 2. The summed E-state index contributed by atoms with van der Waals surface area (Å²) in [6.45, 7) is 2.85. The molecule has 0 aliphatic carbocycles. The van der Waals surface area contributed by atoms with Gasteiger partial charge < -0.3 is 24.3 Å². The van der Waals surface area contributed by atoms with Crippen LogP contribution in [0.5, 0.6) is 11.5 Å². The second-order valence-electron chi connectivity index (χ2n) is 6.71. The van der Waals surface area contributed by atoms with Gasteiger partial charge in [-0.3, -0.25) is 4.79 Å². The predicted molar refractivity (Wildman–Crippen MR) is 111 cm³/mol. The molecular formula is C21H22ClN3O3. The maximum atomic E-state index is 13.1. The second-order valence-corrected chi connectivity index (χ2v) is 7.15. The Hall–Kier alpha value is -2.86. The number of benzene rings is 2. The van der Waals surface area contributed by atoms with Crippen molar-refractivity contribution >= 4 is 34.1 Å². The van der Waals surface area contributed by atoms with Gasteiger partial charge >= 0.3 is 0 Å². The molecule has 0 radical (unpaired) electrons. The molecule has 6 nitrogen and oxygen atoms in total. The van der Waals surface area contributed by atoms with Crippen molar-refractivity contribution in [1.29, 1.82) is 0 Å². The minimum atomic E-state index is 0.0178. The van der Waals surface area contributed by atoms with Gasteiger partial charge in [-0.1, -0.05) is 17.7 Å². The van der Waals surface area contributed by atoms with Gasteiger partial charge in [0.05, 0.1) is 25.3 Å². The molecule has 1 aromatic heterocycles. The maximum absolute atomic E-state index is 13.1. The van der Waals surface area contributed by atoms with Gasteiger partial charge in [0.1, 0.15) is 0 Å². The van der Waals surface area contributed by atoms with Gasteiger partial charge in [-0.25, -0.2) is 0 Å². The van der Waals surface area contributed by atoms with Gasteiger partial charge in [0.2, 0.25) is 0 Å². The van der Waals surface area contributed by atoms with Crippen molar-refractivity contribution in [2.75, 3.05) is 45.3 Å². The van der Waals surface area contributed by atoms with Crippen molar-refractivity contribution in [3.05, 3.63) is 53.2 Å². The Labute approximate surface area is 168 Å². The number of methoxy groups -OCH3 is 2. The van der Waals surface area contributed by atoms with Crippen molar-refractivity contribution in [2.24, 2.45) is 0 Å². The number of nitrogens with one attached hydrogen (secondary N) is 1. The minimum Gasteiger partial charge on any atom is -0.493 e. The molecule has 1 amide bonds. The fourth-order valence-electron chi connectivity index (χ4n) is 3.64. The Morgan fingerprint density at radius 2 is 1.75 bits per heavy atom. The van der Waals surface area contributed by atoms with Crippen LogP contribution in [0.25, 0.3) is 10.9 Å². The van der Waals surface area contributed by atoms with E-state index >= 15 is 0 Å². The summed E-state index contributed by atoms with van der Waals surface area (Å²) in [7, 11) is 3.19. The molecule has 0 spiro atoms. The van der Waals surface area contributed by atoms with Crippen molar-refractivity contribution < 1.29 is 14.3 Å². The molecule has 1 N–H and O–H groups in total. The molecule has 0 unspecified atom stereocenters. The Morgan fingerprint density at radius 3 is 2.43 bits per heavy atom. The summed E-state index contributed by atoms with van der Waals surface area (Å²) in [5.41, 5.74) is 2.58. The number of anilines is 1. The van der Waals surface area contributed by atoms with Gasteiger partial charge in [0.15, 0.2) is 11.5 Å². The van der Waals surface area contributed by atoms with Crippen LogP contribution in [-0.2, 0) is 0 Å². The molecule has 1 aliphatic heterocycles. The average Bonchev–Trinajstić information content (AvgIpc) is 3.15. The zero-order valence-electron chi connectivity index (χ0n) is 15.9. The Morgan fingerprint density at radius 1 is 1.04 bits per heavy atom. The summed E-state index contributed by atoms with van der Waals surface area (Å²) in [5, 5.41) is 1.55. The van der Waals surface area contributed by atoms with Crippen LogP contribution in [0.4, 0.5) is 5.69 Å². The molecule has 1 saturated heterocycles. The Balaban J connectivity index is 1.53. The van der Waals surface area contributed by atoms with Crippen molar-refractivity contribution in [3.63, 3.8) is 0 Å². The molecule has 1 aliphatic rings. The van der Waals surface area contributed by atoms with Crippen LogP contribution in [0.3, 0.4) is 0 Å². The third kappa shape index (κ3) is 3.36. The number of halogens is 1. The minimum absolute atomic E-state index is 0.0178. The molecule has 2 aromatic carbocycles. The van der Waals surface area contributed by atoms with Crippen LogP contribution in [-0.4, -0.2) is 56.2 Å². The van der Waals surface area contributed by atoms with E-state index in [1.165, 1.54) is 0 Å². The topological polar surface area (TPSA) is 57.8 Å². The summed E-state index contributed by atoms with van der Waals surface area (Å²) < 4.78 is 10.7. The smallest absolute Gasteiger partial charge is 0.256 e. The molecule has 3 aromatic rings. The highest BCUT2D eigenvalue weighted by atomic mass is 35.5. The summed E-state index contributed by atoms with van der Waals surface area (Å²) in [6.07, 6.45) is 1.76. The van der Waals surface area contributed by atoms with E-state index in [-0.39, 0.29) is 5.91 Å². The average molecular weight is 400 g/mol. The first-order valence-electron chi connectivity index (χ1n) is 9.13. The molecule has 0 atom stereocenters. The lowest BCUT2D eigenvalue weighted by atomic mass is 10.1. The van der Waals surface area contributed by atoms with Crippen molar-refractivity contribution in [2.45, 2.75) is 0 Å². The second kappa shape index (κ2) is 7.64. The number of nitrogens with zero attached hydrogens (tertiary/aromatic N) is 2. The molecule has 0 bridgehead atoms. The number of hydrogen-bond acceptors (Lipinski definition) is 4. The van der Waals surface area contributed by atoms with Crippen LogP contribution < -0.4 is 14.4 Å². The fourth-order valence-corrected chi connectivity index (χ4v) is 3.82. The molecule has 28 heavy (non-hydrogen) atoms. The Kier molecular flexibility index (Phi) is 5.05. The number of piperazine rings is 1. The van der Waals surface area contributed by atoms with Gasteiger partial charge in [0.25, 0.3) is 5.91 Å². The number of hydrogen-bond donors (Lipinski definition) is 1. The summed E-state index contributed by atoms with van der Waals surface area (Å²) in [6, 6.07) is 11.5. The molecule has 0 saturated carbocycles. The lowest BCUT2D eigenvalue weighted by Gasteiger charge is -2.36. The molecule has 146 valence electrons. The van der Waals surface area contributed by atoms with E-state index in [4.69, 9.17) is 21.1 Å². The highest BCUT2D eigenvalue weighted by Gasteiger charge is 2.25. The summed E-state index contributed by atoms with van der Waals surface area (Å²) in [5.74, 6) is 1.25. The maximum Gasteiger partial charge on any atom is 0.256 e. The normalized spacial score (nSPS) is 14.4. The number of carbonyl (C=O) groups excluding carboxylic acids is 1. The Bertz CT molecular complexity index is 1010. The largest absolute Gasteiger partial charge is 0.493 e. The molecule has 4 rings (SSSR count). The van der Waals surface area contributed by atoms with Gasteiger partial charge in [0, 0.05) is 54.5 Å². The van der Waals surface area contributed by atoms with E-state index in [0.29, 0.717) is 30.2 Å². The first-order valence-corrected chi connectivity index (χ1v) is 9.51. The number of amides is 1. The quantitative estimate of drug-likeness (QED) is 0.725. The number of aromatic nitrogens is 1. The first-order chi connectivity index (χ1) is 13.6. The molecule has 2 heterocycles. The van der Waals surface area contributed by atoms with Crippen molar-refractivity contribution in [3.8, 4) is 11.5 Å². The first kappa shape index (κ1) is 18.5. The van der Waals surface area contributed by atoms with E-state index in [9.17, 15) is 4.79 Å². The van der Waals surface area contributed by atoms with Crippen LogP contribution in [0.1, 0.15) is 10.4 Å². The number of carbonyl (C=O) groups is 1. The van der Waals surface area contributed by atoms with Gasteiger partial charge in [-0.05, 0) is 24.3 Å². The van der Waals surface area contributed by atoms with E-state index in [2.05, 4.69) is 9.88 Å². The van der Waals surface area contributed by atoms with E-state index in [1.54, 1.807) is 20.4 Å². The number of rotatable bonds is 4. The van der Waals surface area contributed by atoms with E-state index in [1.807, 2.05) is 41.3 Å². The zero-order valence-corrected chi connectivity index (χ0v) is 16.6. The third-order valence-electron chi connectivity index (χ3n) is 5.16. The number of aromatic amines is 1. The standard InChI is InChI=1S/C21H22ClN3O3/c1-27-19-11-16-17(13-23-18(16)12-20(19)28-2)21(26)25-8-6-24(7-9-25)15-5-3-4-14(22)10-15/h3-5,10-13,23H,6-9H2,1-2H3. The summed E-state index contributed by atoms with van der Waals surface area (Å²) >= 11 is 6.10. The zero-order chi connectivity index (χ0) is 19.7. The van der Waals surface area contributed by atoms with Crippen LogP contribution in [0.2, 0.25) is 5.02 Å². The summed E-state index contributed by atoms with van der Waals surface area (Å²) in [4.78, 5) is 20.4. The van der Waals surface area contributed by atoms with Gasteiger partial charge in [-0.2, -0.15) is 0 Å². The number of H-pyrrole nitrogens is 1. The lowest BCUT2D eigenvalue weighted by molar-refractivity contribution is 0.0749. The third-order valence-corrected chi connectivity index (χ3v) is 5.39. The molecular weight excluding hydrogens is 378 g/mol. The van der Waals surface area contributed by atoms with Crippen LogP contribution >= 0.6 is 11.6 Å². The molecule has 7 heteroatoms. The lowest BCUT2D eigenvalue weighted by Crippen LogP contribution is -2.48. The van der Waals surface area contributed by atoms with E-state index < -0.39 is 0 Å².